The van der Waals surface area contributed by atoms with Crippen LogP contribution in [0.15, 0.2) is 35.2 Å². The largest absolute Gasteiger partial charge is 0.381 e. The zero-order valence-electron chi connectivity index (χ0n) is 12.5. The summed E-state index contributed by atoms with van der Waals surface area (Å²) in [5.41, 5.74) is 9.42. The lowest BCUT2D eigenvalue weighted by molar-refractivity contribution is 0.770. The van der Waals surface area contributed by atoms with Gasteiger partial charge in [-0.3, -0.25) is 9.78 Å². The zero-order chi connectivity index (χ0) is 16.8. The Bertz CT molecular complexity index is 1070. The average molecular weight is 405 g/mol. The van der Waals surface area contributed by atoms with E-state index in [9.17, 15) is 0 Å². The van der Waals surface area contributed by atoms with Gasteiger partial charge in [0.1, 0.15) is 16.0 Å². The maximum atomic E-state index is 6.35. The molecule has 3 aromatic heterocycles. The molecule has 0 amide bonds. The fraction of sp³-hybridized carbons (Fsp3) is 0.0667. The molecule has 24 heavy (non-hydrogen) atoms. The van der Waals surface area contributed by atoms with Crippen molar-refractivity contribution in [3.05, 3.63) is 40.2 Å². The Morgan fingerprint density at radius 2 is 2.08 bits per heavy atom. The van der Waals surface area contributed by atoms with Gasteiger partial charge >= 0.3 is 0 Å². The molecule has 3 N–H and O–H groups in total. The van der Waals surface area contributed by atoms with Gasteiger partial charge in [0.05, 0.1) is 22.4 Å². The number of halogens is 2. The van der Waals surface area contributed by atoms with E-state index in [-0.39, 0.29) is 0 Å². The van der Waals surface area contributed by atoms with Crippen molar-refractivity contribution in [1.82, 2.24) is 29.9 Å². The van der Waals surface area contributed by atoms with Crippen LogP contribution in [0.3, 0.4) is 0 Å². The van der Waals surface area contributed by atoms with Crippen LogP contribution in [0.2, 0.25) is 5.02 Å². The number of anilines is 1. The van der Waals surface area contributed by atoms with Crippen LogP contribution in [0.4, 0.5) is 5.82 Å². The summed E-state index contributed by atoms with van der Waals surface area (Å²) in [6.07, 6.45) is 3.55. The van der Waals surface area contributed by atoms with Crippen molar-refractivity contribution in [3.8, 4) is 22.6 Å². The lowest BCUT2D eigenvalue weighted by Gasteiger charge is -2.09. The number of nitrogens with one attached hydrogen (secondary N) is 1. The van der Waals surface area contributed by atoms with Gasteiger partial charge in [-0.2, -0.15) is 10.2 Å². The van der Waals surface area contributed by atoms with Gasteiger partial charge in [-0.25, -0.2) is 9.97 Å². The highest BCUT2D eigenvalue weighted by Crippen LogP contribution is 2.35. The van der Waals surface area contributed by atoms with Crippen LogP contribution in [0.1, 0.15) is 0 Å². The monoisotopic (exact) mass is 403 g/mol. The molecule has 0 bridgehead atoms. The number of nitrogens with two attached hydrogens (primary N) is 1. The number of H-pyrrole nitrogens is 1. The molecule has 9 heteroatoms. The predicted molar refractivity (Wildman–Crippen MR) is 96.4 cm³/mol. The predicted octanol–water partition coefficient (Wildman–Crippen LogP) is 3.42. The summed E-state index contributed by atoms with van der Waals surface area (Å²) in [6, 6.07) is 5.63. The second-order valence-electron chi connectivity index (χ2n) is 5.26. The van der Waals surface area contributed by atoms with Crippen molar-refractivity contribution in [2.45, 2.75) is 0 Å². The van der Waals surface area contributed by atoms with Gasteiger partial charge in [-0.1, -0.05) is 11.6 Å². The Hall–Kier alpha value is -2.45. The standard InChI is InChI=1S/C15H11BrClN7/c1-24-3-2-10(23-24)13-12(20-14(16)15(18)21-13)7-4-8-6-19-22-11(8)9(17)5-7/h2-6H,1H3,(H2,18,21)(H,19,22). The minimum Gasteiger partial charge on any atom is -0.381 e. The van der Waals surface area contributed by atoms with Crippen molar-refractivity contribution < 1.29 is 0 Å². The maximum Gasteiger partial charge on any atom is 0.157 e. The summed E-state index contributed by atoms with van der Waals surface area (Å²) in [6.45, 7) is 0. The minimum atomic E-state index is 0.301. The molecule has 0 spiro atoms. The highest BCUT2D eigenvalue weighted by molar-refractivity contribution is 9.10. The number of nitrogens with zero attached hydrogens (tertiary/aromatic N) is 5. The van der Waals surface area contributed by atoms with Gasteiger partial charge in [0.15, 0.2) is 5.82 Å². The van der Waals surface area contributed by atoms with E-state index in [1.54, 1.807) is 10.9 Å². The first-order valence-electron chi connectivity index (χ1n) is 6.99. The molecule has 1 aromatic carbocycles. The van der Waals surface area contributed by atoms with Crippen LogP contribution in [-0.4, -0.2) is 29.9 Å². The number of aromatic amines is 1. The Kier molecular flexibility index (Phi) is 3.50. The summed E-state index contributed by atoms with van der Waals surface area (Å²) in [5.74, 6) is 0.301. The summed E-state index contributed by atoms with van der Waals surface area (Å²) in [5, 5.41) is 12.7. The fourth-order valence-corrected chi connectivity index (χ4v) is 3.03. The van der Waals surface area contributed by atoms with Crippen molar-refractivity contribution >= 4 is 44.3 Å². The number of hydrogen-bond donors (Lipinski definition) is 2. The van der Waals surface area contributed by atoms with E-state index in [1.165, 1.54) is 0 Å². The molecule has 4 aromatic rings. The van der Waals surface area contributed by atoms with Crippen LogP contribution in [0.5, 0.6) is 0 Å². The molecule has 0 saturated carbocycles. The molecule has 4 rings (SSSR count). The van der Waals surface area contributed by atoms with Crippen LogP contribution < -0.4 is 5.73 Å². The summed E-state index contributed by atoms with van der Waals surface area (Å²) >= 11 is 9.69. The molecule has 0 radical (unpaired) electrons. The van der Waals surface area contributed by atoms with Crippen molar-refractivity contribution in [1.29, 1.82) is 0 Å². The van der Waals surface area contributed by atoms with E-state index in [0.29, 0.717) is 32.5 Å². The molecule has 0 atom stereocenters. The van der Waals surface area contributed by atoms with E-state index >= 15 is 0 Å². The first-order chi connectivity index (χ1) is 11.5. The molecule has 7 nitrogen and oxygen atoms in total. The van der Waals surface area contributed by atoms with Crippen LogP contribution in [0, 0.1) is 0 Å². The minimum absolute atomic E-state index is 0.301. The number of nitrogen functional groups attached to an aromatic ring is 1. The Balaban J connectivity index is 2.00. The van der Waals surface area contributed by atoms with Gasteiger partial charge in [0, 0.05) is 24.2 Å². The summed E-state index contributed by atoms with van der Waals surface area (Å²) in [4.78, 5) is 9.01. The van der Waals surface area contributed by atoms with E-state index in [2.05, 4.69) is 41.2 Å². The van der Waals surface area contributed by atoms with Crippen LogP contribution in [0.25, 0.3) is 33.5 Å². The van der Waals surface area contributed by atoms with Gasteiger partial charge in [-0.15, -0.1) is 0 Å². The number of aromatic nitrogens is 6. The van der Waals surface area contributed by atoms with Gasteiger partial charge in [-0.05, 0) is 34.1 Å². The Labute approximate surface area is 150 Å². The number of rotatable bonds is 2. The number of fused-ring (bicyclic) bond motifs is 1. The Morgan fingerprint density at radius 3 is 2.83 bits per heavy atom. The molecule has 0 saturated heterocycles. The molecule has 120 valence electrons. The lowest BCUT2D eigenvalue weighted by atomic mass is 10.1. The third kappa shape index (κ3) is 2.44. The number of benzene rings is 1. The third-order valence-corrected chi connectivity index (χ3v) is 4.49. The first kappa shape index (κ1) is 15.1. The van der Waals surface area contributed by atoms with Gasteiger partial charge in [0.25, 0.3) is 0 Å². The zero-order valence-corrected chi connectivity index (χ0v) is 14.8. The quantitative estimate of drug-likeness (QED) is 0.533. The van der Waals surface area contributed by atoms with E-state index < -0.39 is 0 Å². The second kappa shape index (κ2) is 5.57. The van der Waals surface area contributed by atoms with Crippen LogP contribution in [-0.2, 0) is 7.05 Å². The molecule has 0 aliphatic carbocycles. The average Bonchev–Trinajstić information content (AvgIpc) is 3.18. The highest BCUT2D eigenvalue weighted by Gasteiger charge is 2.18. The molecular formula is C15H11BrClN7. The topological polar surface area (TPSA) is 98.3 Å². The lowest BCUT2D eigenvalue weighted by Crippen LogP contribution is -2.01. The number of hydrogen-bond acceptors (Lipinski definition) is 5. The van der Waals surface area contributed by atoms with E-state index in [1.807, 2.05) is 31.4 Å². The smallest absolute Gasteiger partial charge is 0.157 e. The van der Waals surface area contributed by atoms with E-state index in [0.717, 1.165) is 16.5 Å². The third-order valence-electron chi connectivity index (χ3n) is 3.61. The fourth-order valence-electron chi connectivity index (χ4n) is 2.50. The molecule has 3 heterocycles. The summed E-state index contributed by atoms with van der Waals surface area (Å²) in [7, 11) is 1.84. The molecular weight excluding hydrogens is 394 g/mol. The molecule has 0 unspecified atom stereocenters. The van der Waals surface area contributed by atoms with Crippen molar-refractivity contribution in [2.24, 2.45) is 7.05 Å². The van der Waals surface area contributed by atoms with Crippen LogP contribution >= 0.6 is 27.5 Å². The van der Waals surface area contributed by atoms with Gasteiger partial charge in [0.2, 0.25) is 0 Å². The Morgan fingerprint density at radius 1 is 1.25 bits per heavy atom. The molecule has 0 aliphatic heterocycles. The highest BCUT2D eigenvalue weighted by atomic mass is 79.9. The van der Waals surface area contributed by atoms with Crippen molar-refractivity contribution in [3.63, 3.8) is 0 Å². The SMILES string of the molecule is Cn1ccc(-c2nc(N)c(Br)nc2-c2cc(Cl)c3[nH]ncc3c2)n1. The molecule has 0 fully saturated rings. The van der Waals surface area contributed by atoms with Gasteiger partial charge < -0.3 is 5.73 Å². The maximum absolute atomic E-state index is 6.35. The normalized spacial score (nSPS) is 11.3. The summed E-state index contributed by atoms with van der Waals surface area (Å²) < 4.78 is 2.17. The first-order valence-corrected chi connectivity index (χ1v) is 8.16. The van der Waals surface area contributed by atoms with E-state index in [4.69, 9.17) is 17.3 Å². The number of aryl methyl sites for hydroxylation is 1. The second-order valence-corrected chi connectivity index (χ2v) is 6.42. The van der Waals surface area contributed by atoms with Crippen molar-refractivity contribution in [2.75, 3.05) is 5.73 Å². The molecule has 0 aliphatic rings.